The third-order valence-electron chi connectivity index (χ3n) is 5.09. The molecule has 0 spiro atoms. The second kappa shape index (κ2) is 14.9. The molecule has 190 valence electrons. The Morgan fingerprint density at radius 3 is 2.35 bits per heavy atom. The summed E-state index contributed by atoms with van der Waals surface area (Å²) in [5.41, 5.74) is -0.528. The molecule has 1 aromatic carbocycles. The van der Waals surface area contributed by atoms with Crippen LogP contribution in [0.4, 0.5) is 13.2 Å². The number of alkyl halides is 4. The minimum Gasteiger partial charge on any atom is -0.465 e. The third kappa shape index (κ3) is 10.9. The van der Waals surface area contributed by atoms with Crippen LogP contribution in [-0.2, 0) is 9.53 Å². The Morgan fingerprint density at radius 2 is 1.71 bits per heavy atom. The van der Waals surface area contributed by atoms with Crippen LogP contribution in [0.3, 0.4) is 0 Å². The highest BCUT2D eigenvalue weighted by Gasteiger charge is 2.31. The Labute approximate surface area is 215 Å². The van der Waals surface area contributed by atoms with Gasteiger partial charge in [0.05, 0.1) is 12.5 Å². The first-order chi connectivity index (χ1) is 16.2. The number of thioether (sulfide) groups is 1. The maximum atomic E-state index is 12.4. The van der Waals surface area contributed by atoms with Crippen molar-refractivity contribution in [3.8, 4) is 5.75 Å². The highest BCUT2D eigenvalue weighted by Crippen LogP contribution is 2.31. The van der Waals surface area contributed by atoms with Crippen LogP contribution in [0.1, 0.15) is 58.3 Å². The van der Waals surface area contributed by atoms with Gasteiger partial charge in [0.25, 0.3) is 0 Å². The molecule has 1 aromatic heterocycles. The molecule has 1 unspecified atom stereocenters. The standard InChI is InChI=1S/C24H30F3IO5S/c1-17(16-28)23(30)31-12-8-6-4-2-3-5-7-9-13-34-21-15-22(29)32-20-14-18(10-11-19(20)21)33-24(25,26)27/h10-11,14-15,17H,2-9,12-13,16H2,1H3. The van der Waals surface area contributed by atoms with Crippen molar-refractivity contribution in [2.75, 3.05) is 16.8 Å². The smallest absolute Gasteiger partial charge is 0.465 e. The average Bonchev–Trinajstić information content (AvgIpc) is 2.77. The maximum Gasteiger partial charge on any atom is 0.573 e. The van der Waals surface area contributed by atoms with Gasteiger partial charge in [0.15, 0.2) is 0 Å². The van der Waals surface area contributed by atoms with Crippen LogP contribution in [0, 0.1) is 5.92 Å². The van der Waals surface area contributed by atoms with Gasteiger partial charge in [0.1, 0.15) is 11.3 Å². The quantitative estimate of drug-likeness (QED) is 0.0517. The molecule has 2 rings (SSSR count). The molecule has 10 heteroatoms. The zero-order chi connectivity index (χ0) is 25.0. The lowest BCUT2D eigenvalue weighted by atomic mass is 10.1. The van der Waals surface area contributed by atoms with Gasteiger partial charge in [-0.05, 0) is 30.7 Å². The Morgan fingerprint density at radius 1 is 1.06 bits per heavy atom. The molecule has 2 aromatic rings. The number of esters is 1. The molecule has 0 saturated heterocycles. The molecule has 0 bridgehead atoms. The lowest BCUT2D eigenvalue weighted by Crippen LogP contribution is -2.17. The predicted octanol–water partition coefficient (Wildman–Crippen LogP) is 7.52. The first-order valence-electron chi connectivity index (χ1n) is 11.4. The monoisotopic (exact) mass is 614 g/mol. The number of hydrogen-bond donors (Lipinski definition) is 0. The van der Waals surface area contributed by atoms with Gasteiger partial charge >= 0.3 is 18.0 Å². The van der Waals surface area contributed by atoms with Gasteiger partial charge in [-0.15, -0.1) is 24.9 Å². The molecule has 0 aliphatic rings. The molecule has 0 fully saturated rings. The molecule has 0 radical (unpaired) electrons. The molecule has 1 atom stereocenters. The van der Waals surface area contributed by atoms with E-state index in [4.69, 9.17) is 9.15 Å². The predicted molar refractivity (Wildman–Crippen MR) is 136 cm³/mol. The van der Waals surface area contributed by atoms with E-state index in [-0.39, 0.29) is 17.5 Å². The summed E-state index contributed by atoms with van der Waals surface area (Å²) in [7, 11) is 0. The van der Waals surface area contributed by atoms with E-state index in [2.05, 4.69) is 27.3 Å². The Hall–Kier alpha value is -1.43. The summed E-state index contributed by atoms with van der Waals surface area (Å²) in [6, 6.07) is 5.16. The summed E-state index contributed by atoms with van der Waals surface area (Å²) < 4.78 is 52.2. The third-order valence-corrected chi connectivity index (χ3v) is 7.55. The van der Waals surface area contributed by atoms with E-state index in [0.717, 1.165) is 67.6 Å². The van der Waals surface area contributed by atoms with Crippen LogP contribution < -0.4 is 10.4 Å². The second-order valence-corrected chi connectivity index (χ2v) is 10.1. The van der Waals surface area contributed by atoms with E-state index in [0.29, 0.717) is 16.9 Å². The Kier molecular flexibility index (Phi) is 12.6. The summed E-state index contributed by atoms with van der Waals surface area (Å²) in [6.45, 7) is 2.37. The van der Waals surface area contributed by atoms with Crippen molar-refractivity contribution in [2.24, 2.45) is 5.92 Å². The number of carbonyl (C=O) groups excluding carboxylic acids is 1. The number of hydrogen-bond acceptors (Lipinski definition) is 6. The van der Waals surface area contributed by atoms with Gasteiger partial charge in [-0.3, -0.25) is 4.79 Å². The van der Waals surface area contributed by atoms with E-state index in [1.54, 1.807) is 0 Å². The SMILES string of the molecule is CC(CI)C(=O)OCCCCCCCCCCSc1cc(=O)oc2cc(OC(F)(F)F)ccc12. The van der Waals surface area contributed by atoms with Gasteiger partial charge in [-0.1, -0.05) is 68.0 Å². The normalized spacial score (nSPS) is 12.6. The summed E-state index contributed by atoms with van der Waals surface area (Å²) in [5, 5.41) is 0.591. The fraction of sp³-hybridized carbons (Fsp3) is 0.583. The summed E-state index contributed by atoms with van der Waals surface area (Å²) >= 11 is 3.68. The topological polar surface area (TPSA) is 65.7 Å². The highest BCUT2D eigenvalue weighted by atomic mass is 127. The van der Waals surface area contributed by atoms with Gasteiger partial charge in [-0.2, -0.15) is 0 Å². The van der Waals surface area contributed by atoms with Crippen LogP contribution in [0.15, 0.2) is 38.4 Å². The fourth-order valence-electron chi connectivity index (χ4n) is 3.25. The molecule has 0 N–H and O–H groups in total. The lowest BCUT2D eigenvalue weighted by Gasteiger charge is -2.10. The molecular weight excluding hydrogens is 584 g/mol. The molecular formula is C24H30F3IO5S. The van der Waals surface area contributed by atoms with Crippen LogP contribution in [0.5, 0.6) is 5.75 Å². The van der Waals surface area contributed by atoms with Crippen molar-refractivity contribution in [2.45, 2.75) is 69.5 Å². The number of rotatable bonds is 15. The average molecular weight is 614 g/mol. The van der Waals surface area contributed by atoms with Gasteiger partial charge in [0.2, 0.25) is 0 Å². The highest BCUT2D eigenvalue weighted by molar-refractivity contribution is 14.1. The summed E-state index contributed by atoms with van der Waals surface area (Å²) in [5.74, 6) is 0.233. The number of fused-ring (bicyclic) bond motifs is 1. The van der Waals surface area contributed by atoms with Gasteiger partial charge < -0.3 is 13.9 Å². The van der Waals surface area contributed by atoms with Crippen LogP contribution in [0.25, 0.3) is 11.0 Å². The fourth-order valence-corrected chi connectivity index (χ4v) is 4.69. The number of halogens is 4. The van der Waals surface area contributed by atoms with Crippen LogP contribution in [-0.4, -0.2) is 29.1 Å². The van der Waals surface area contributed by atoms with Gasteiger partial charge in [-0.25, -0.2) is 4.79 Å². The molecule has 0 amide bonds. The molecule has 0 aliphatic carbocycles. The maximum absolute atomic E-state index is 12.4. The van der Waals surface area contributed by atoms with Crippen LogP contribution >= 0.6 is 34.4 Å². The van der Waals surface area contributed by atoms with Crippen molar-refractivity contribution in [3.05, 3.63) is 34.7 Å². The van der Waals surface area contributed by atoms with E-state index in [1.807, 2.05) is 6.92 Å². The zero-order valence-corrected chi connectivity index (χ0v) is 22.1. The summed E-state index contributed by atoms with van der Waals surface area (Å²) in [6.07, 6.45) is 3.75. The van der Waals surface area contributed by atoms with E-state index in [9.17, 15) is 22.8 Å². The molecule has 5 nitrogen and oxygen atoms in total. The van der Waals surface area contributed by atoms with Crippen molar-refractivity contribution in [1.82, 2.24) is 0 Å². The van der Waals surface area contributed by atoms with Crippen molar-refractivity contribution in [3.63, 3.8) is 0 Å². The first kappa shape index (κ1) is 28.8. The molecule has 0 saturated carbocycles. The summed E-state index contributed by atoms with van der Waals surface area (Å²) in [4.78, 5) is 24.1. The van der Waals surface area contributed by atoms with Crippen molar-refractivity contribution in [1.29, 1.82) is 0 Å². The first-order valence-corrected chi connectivity index (χ1v) is 13.9. The van der Waals surface area contributed by atoms with E-state index < -0.39 is 17.7 Å². The number of benzene rings is 1. The largest absolute Gasteiger partial charge is 0.573 e. The number of unbranched alkanes of at least 4 members (excludes halogenated alkanes) is 7. The minimum atomic E-state index is -4.80. The second-order valence-electron chi connectivity index (χ2n) is 8.04. The Bertz CT molecular complexity index is 964. The van der Waals surface area contributed by atoms with E-state index >= 15 is 0 Å². The van der Waals surface area contributed by atoms with E-state index in [1.165, 1.54) is 30.0 Å². The zero-order valence-electron chi connectivity index (χ0n) is 19.1. The minimum absolute atomic E-state index is 0.0394. The number of ether oxygens (including phenoxy) is 2. The molecule has 34 heavy (non-hydrogen) atoms. The molecule has 0 aliphatic heterocycles. The van der Waals surface area contributed by atoms with Crippen molar-refractivity contribution < 1.29 is 31.9 Å². The Balaban J connectivity index is 1.62. The van der Waals surface area contributed by atoms with Gasteiger partial charge in [0, 0.05) is 26.8 Å². The van der Waals surface area contributed by atoms with Crippen LogP contribution in [0.2, 0.25) is 0 Å². The molecule has 1 heterocycles. The lowest BCUT2D eigenvalue weighted by molar-refractivity contribution is -0.274. The van der Waals surface area contributed by atoms with Crippen molar-refractivity contribution >= 4 is 51.3 Å². The number of carbonyl (C=O) groups is 1.